The SMILES string of the molecule is Cc1cccc(C)c1O[P@@]1(=O)N(c2ccccc2)C[C@H]2CCCN21. The van der Waals surface area contributed by atoms with Gasteiger partial charge in [-0.15, -0.1) is 0 Å². The number of rotatable bonds is 3. The lowest BCUT2D eigenvalue weighted by Crippen LogP contribution is -2.23. The van der Waals surface area contributed by atoms with Crippen LogP contribution in [0.4, 0.5) is 5.69 Å². The Morgan fingerprint density at radius 2 is 1.75 bits per heavy atom. The summed E-state index contributed by atoms with van der Waals surface area (Å²) in [6, 6.07) is 16.3. The third-order valence-electron chi connectivity index (χ3n) is 5.03. The summed E-state index contributed by atoms with van der Waals surface area (Å²) >= 11 is 0. The molecular formula is C19H23N2O2P. The molecule has 126 valence electrons. The van der Waals surface area contributed by atoms with Crippen molar-refractivity contribution in [3.63, 3.8) is 0 Å². The van der Waals surface area contributed by atoms with Crippen LogP contribution in [-0.4, -0.2) is 23.8 Å². The summed E-state index contributed by atoms with van der Waals surface area (Å²) in [5.74, 6) is 0.759. The van der Waals surface area contributed by atoms with Gasteiger partial charge < -0.3 is 4.52 Å². The number of fused-ring (bicyclic) bond motifs is 1. The van der Waals surface area contributed by atoms with Crippen LogP contribution in [0.15, 0.2) is 48.5 Å². The Hall–Kier alpha value is -1.77. The van der Waals surface area contributed by atoms with E-state index < -0.39 is 7.67 Å². The van der Waals surface area contributed by atoms with Crippen molar-refractivity contribution in [2.75, 3.05) is 17.8 Å². The minimum Gasteiger partial charge on any atom is -0.417 e. The quantitative estimate of drug-likeness (QED) is 0.752. The van der Waals surface area contributed by atoms with Gasteiger partial charge in [-0.1, -0.05) is 36.4 Å². The molecule has 2 aromatic carbocycles. The third-order valence-corrected chi connectivity index (χ3v) is 7.63. The van der Waals surface area contributed by atoms with Gasteiger partial charge in [0.1, 0.15) is 5.75 Å². The maximum atomic E-state index is 14.1. The minimum absolute atomic E-state index is 0.320. The van der Waals surface area contributed by atoms with Crippen molar-refractivity contribution in [3.8, 4) is 5.75 Å². The molecule has 2 saturated heterocycles. The molecule has 0 N–H and O–H groups in total. The van der Waals surface area contributed by atoms with Gasteiger partial charge in [0, 0.05) is 24.8 Å². The van der Waals surface area contributed by atoms with Gasteiger partial charge in [-0.25, -0.2) is 4.57 Å². The molecule has 2 aliphatic rings. The van der Waals surface area contributed by atoms with Crippen LogP contribution in [-0.2, 0) is 4.57 Å². The lowest BCUT2D eigenvalue weighted by atomic mass is 10.1. The van der Waals surface area contributed by atoms with Crippen molar-refractivity contribution < 1.29 is 9.09 Å². The topological polar surface area (TPSA) is 32.8 Å². The number of nitrogens with zero attached hydrogens (tertiary/aromatic N) is 2. The molecule has 4 nitrogen and oxygen atoms in total. The Morgan fingerprint density at radius 3 is 2.46 bits per heavy atom. The van der Waals surface area contributed by atoms with Gasteiger partial charge in [0.2, 0.25) is 0 Å². The van der Waals surface area contributed by atoms with Crippen molar-refractivity contribution in [1.82, 2.24) is 4.67 Å². The number of aryl methyl sites for hydroxylation is 2. The predicted octanol–water partition coefficient (Wildman–Crippen LogP) is 4.77. The zero-order valence-electron chi connectivity index (χ0n) is 14.2. The Kier molecular flexibility index (Phi) is 3.90. The molecule has 2 atom stereocenters. The van der Waals surface area contributed by atoms with E-state index in [2.05, 4.69) is 4.67 Å². The van der Waals surface area contributed by atoms with Crippen molar-refractivity contribution in [1.29, 1.82) is 0 Å². The van der Waals surface area contributed by atoms with Gasteiger partial charge in [-0.05, 0) is 49.9 Å². The summed E-state index contributed by atoms with van der Waals surface area (Å²) in [5, 5.41) is 0. The van der Waals surface area contributed by atoms with E-state index in [1.54, 1.807) is 0 Å². The van der Waals surface area contributed by atoms with Gasteiger partial charge in [-0.2, -0.15) is 4.67 Å². The minimum atomic E-state index is -3.11. The Morgan fingerprint density at radius 1 is 1.04 bits per heavy atom. The number of hydrogen-bond donors (Lipinski definition) is 0. The number of hydrogen-bond acceptors (Lipinski definition) is 2. The highest BCUT2D eigenvalue weighted by Crippen LogP contribution is 2.63. The maximum absolute atomic E-state index is 14.1. The second kappa shape index (κ2) is 5.94. The first kappa shape index (κ1) is 15.7. The first-order valence-corrected chi connectivity index (χ1v) is 10.1. The molecule has 0 spiro atoms. The van der Waals surface area contributed by atoms with Gasteiger partial charge in [0.05, 0.1) is 0 Å². The van der Waals surface area contributed by atoms with Crippen LogP contribution >= 0.6 is 7.67 Å². The fraction of sp³-hybridized carbons (Fsp3) is 0.368. The second-order valence-corrected chi connectivity index (χ2v) is 8.84. The molecule has 2 fully saturated rings. The molecule has 2 aliphatic heterocycles. The number of anilines is 1. The summed E-state index contributed by atoms with van der Waals surface area (Å²) in [6.45, 7) is 5.64. The first-order valence-electron chi connectivity index (χ1n) is 8.55. The van der Waals surface area contributed by atoms with Gasteiger partial charge >= 0.3 is 7.67 Å². The average molecular weight is 342 g/mol. The van der Waals surface area contributed by atoms with E-state index >= 15 is 0 Å². The lowest BCUT2D eigenvalue weighted by molar-refractivity contribution is 0.373. The van der Waals surface area contributed by atoms with E-state index in [-0.39, 0.29) is 0 Å². The fourth-order valence-corrected chi connectivity index (χ4v) is 6.62. The van der Waals surface area contributed by atoms with Crippen molar-refractivity contribution >= 4 is 13.4 Å². The molecule has 0 aromatic heterocycles. The van der Waals surface area contributed by atoms with E-state index in [1.807, 2.05) is 67.0 Å². The molecule has 0 aliphatic carbocycles. The Bertz CT molecular complexity index is 773. The Labute approximate surface area is 143 Å². The molecule has 2 aromatic rings. The van der Waals surface area contributed by atoms with Crippen LogP contribution in [0.3, 0.4) is 0 Å². The molecule has 0 bridgehead atoms. The predicted molar refractivity (Wildman–Crippen MR) is 97.7 cm³/mol. The van der Waals surface area contributed by atoms with E-state index in [0.717, 1.165) is 48.5 Å². The van der Waals surface area contributed by atoms with E-state index in [1.165, 1.54) is 0 Å². The molecule has 0 saturated carbocycles. The average Bonchev–Trinajstić information content (AvgIpc) is 3.15. The monoisotopic (exact) mass is 342 g/mol. The molecule has 0 radical (unpaired) electrons. The highest BCUT2D eigenvalue weighted by molar-refractivity contribution is 7.59. The Balaban J connectivity index is 1.77. The number of para-hydroxylation sites is 2. The van der Waals surface area contributed by atoms with Gasteiger partial charge in [0.15, 0.2) is 0 Å². The standard InChI is InChI=1S/C19H23N2O2P/c1-15-8-6-9-16(2)19(15)23-24(22)20-13-7-12-18(20)14-21(24)17-10-4-3-5-11-17/h3-6,8-11,18H,7,12-14H2,1-2H3/t18-,24-/m1/s1. The molecule has 0 unspecified atom stereocenters. The van der Waals surface area contributed by atoms with Gasteiger partial charge in [-0.3, -0.25) is 4.67 Å². The summed E-state index contributed by atoms with van der Waals surface area (Å²) in [5.41, 5.74) is 3.03. The lowest BCUT2D eigenvalue weighted by Gasteiger charge is -2.31. The normalized spacial score (nSPS) is 26.6. The van der Waals surface area contributed by atoms with Crippen LogP contribution < -0.4 is 9.19 Å². The molecule has 2 heterocycles. The molecule has 24 heavy (non-hydrogen) atoms. The third kappa shape index (κ3) is 2.45. The van der Waals surface area contributed by atoms with E-state index in [9.17, 15) is 4.57 Å². The largest absolute Gasteiger partial charge is 0.422 e. The zero-order valence-corrected chi connectivity index (χ0v) is 15.1. The zero-order chi connectivity index (χ0) is 16.7. The van der Waals surface area contributed by atoms with Crippen LogP contribution in [0.25, 0.3) is 0 Å². The van der Waals surface area contributed by atoms with E-state index in [0.29, 0.717) is 6.04 Å². The van der Waals surface area contributed by atoms with Crippen LogP contribution in [0.2, 0.25) is 0 Å². The van der Waals surface area contributed by atoms with Gasteiger partial charge in [0.25, 0.3) is 0 Å². The van der Waals surface area contributed by atoms with Crippen LogP contribution in [0.5, 0.6) is 5.75 Å². The highest BCUT2D eigenvalue weighted by Gasteiger charge is 2.53. The van der Waals surface area contributed by atoms with Crippen LogP contribution in [0, 0.1) is 13.8 Å². The van der Waals surface area contributed by atoms with Crippen molar-refractivity contribution in [2.24, 2.45) is 0 Å². The van der Waals surface area contributed by atoms with Crippen LogP contribution in [0.1, 0.15) is 24.0 Å². The smallest absolute Gasteiger partial charge is 0.417 e. The first-order chi connectivity index (χ1) is 11.6. The maximum Gasteiger partial charge on any atom is 0.422 e. The summed E-state index contributed by atoms with van der Waals surface area (Å²) < 4.78 is 24.5. The molecule has 0 amide bonds. The van der Waals surface area contributed by atoms with E-state index in [4.69, 9.17) is 4.52 Å². The number of benzene rings is 2. The summed E-state index contributed by atoms with van der Waals surface area (Å²) in [6.07, 6.45) is 2.18. The second-order valence-electron chi connectivity index (χ2n) is 6.68. The van der Waals surface area contributed by atoms with Crippen molar-refractivity contribution in [3.05, 3.63) is 59.7 Å². The summed E-state index contributed by atoms with van der Waals surface area (Å²) in [4.78, 5) is 0. The molecular weight excluding hydrogens is 319 g/mol. The molecule has 4 rings (SSSR count). The summed E-state index contributed by atoms with van der Waals surface area (Å²) in [7, 11) is -3.11. The molecule has 5 heteroatoms. The van der Waals surface area contributed by atoms with Crippen molar-refractivity contribution in [2.45, 2.75) is 32.7 Å². The highest BCUT2D eigenvalue weighted by atomic mass is 31.2. The fourth-order valence-electron chi connectivity index (χ4n) is 3.80.